The minimum atomic E-state index is -0.360. The summed E-state index contributed by atoms with van der Waals surface area (Å²) in [6.07, 6.45) is 4.94. The van der Waals surface area contributed by atoms with Crippen molar-refractivity contribution in [2.75, 3.05) is 26.2 Å². The van der Waals surface area contributed by atoms with Gasteiger partial charge in [0.2, 0.25) is 0 Å². The van der Waals surface area contributed by atoms with Crippen LogP contribution < -0.4 is 5.32 Å². The van der Waals surface area contributed by atoms with E-state index in [0.717, 1.165) is 51.9 Å². The standard InChI is InChI=1S/C16H31N3O/c1-5-9-18-16(4,13-17)8-6-7-10-19-11-14(2)20-15(3)12-19/h14-15,18H,5-12H2,1-4H3/t14-,15+,16?. The summed E-state index contributed by atoms with van der Waals surface area (Å²) in [5.74, 6) is 0. The molecular formula is C16H31N3O. The van der Waals surface area contributed by atoms with Gasteiger partial charge in [0.15, 0.2) is 0 Å². The molecule has 1 heterocycles. The van der Waals surface area contributed by atoms with Crippen molar-refractivity contribution in [1.82, 2.24) is 10.2 Å². The molecular weight excluding hydrogens is 250 g/mol. The highest BCUT2D eigenvalue weighted by molar-refractivity contribution is 5.03. The molecule has 0 radical (unpaired) electrons. The van der Waals surface area contributed by atoms with E-state index in [-0.39, 0.29) is 5.54 Å². The molecule has 1 rings (SSSR count). The first-order chi connectivity index (χ1) is 9.49. The molecule has 4 nitrogen and oxygen atoms in total. The van der Waals surface area contributed by atoms with Gasteiger partial charge in [-0.15, -0.1) is 0 Å². The molecule has 1 aliphatic heterocycles. The Morgan fingerprint density at radius 2 is 1.95 bits per heavy atom. The normalized spacial score (nSPS) is 26.9. The predicted molar refractivity (Wildman–Crippen MR) is 82.6 cm³/mol. The van der Waals surface area contributed by atoms with Crippen molar-refractivity contribution in [3.8, 4) is 6.07 Å². The van der Waals surface area contributed by atoms with Crippen LogP contribution in [-0.4, -0.2) is 48.8 Å². The Hall–Kier alpha value is -0.630. The van der Waals surface area contributed by atoms with E-state index in [1.165, 1.54) is 0 Å². The van der Waals surface area contributed by atoms with Crippen molar-refractivity contribution in [2.24, 2.45) is 0 Å². The maximum absolute atomic E-state index is 9.29. The van der Waals surface area contributed by atoms with Crippen LogP contribution in [0, 0.1) is 11.3 Å². The van der Waals surface area contributed by atoms with Gasteiger partial charge in [-0.05, 0) is 59.5 Å². The molecule has 0 spiro atoms. The van der Waals surface area contributed by atoms with E-state index in [1.54, 1.807) is 0 Å². The molecule has 1 saturated heterocycles. The molecule has 1 unspecified atom stereocenters. The average Bonchev–Trinajstić information content (AvgIpc) is 2.40. The molecule has 0 bridgehead atoms. The summed E-state index contributed by atoms with van der Waals surface area (Å²) >= 11 is 0. The van der Waals surface area contributed by atoms with Crippen LogP contribution in [0.5, 0.6) is 0 Å². The Labute approximate surface area is 124 Å². The molecule has 0 aromatic rings. The molecule has 3 atom stereocenters. The summed E-state index contributed by atoms with van der Waals surface area (Å²) in [5, 5.41) is 12.6. The van der Waals surface area contributed by atoms with E-state index in [0.29, 0.717) is 12.2 Å². The number of hydrogen-bond donors (Lipinski definition) is 1. The SMILES string of the molecule is CCCNC(C)(C#N)CCCCN1C[C@@H](C)O[C@@H](C)C1. The third-order valence-electron chi connectivity index (χ3n) is 3.91. The minimum absolute atomic E-state index is 0.342. The molecule has 1 N–H and O–H groups in total. The fourth-order valence-corrected chi connectivity index (χ4v) is 2.87. The molecule has 1 aliphatic rings. The summed E-state index contributed by atoms with van der Waals surface area (Å²) in [6.45, 7) is 12.5. The van der Waals surface area contributed by atoms with Gasteiger partial charge in [0.05, 0.1) is 18.3 Å². The summed E-state index contributed by atoms with van der Waals surface area (Å²) in [6, 6.07) is 2.42. The maximum atomic E-state index is 9.29. The van der Waals surface area contributed by atoms with Gasteiger partial charge >= 0.3 is 0 Å². The van der Waals surface area contributed by atoms with Crippen molar-refractivity contribution in [1.29, 1.82) is 5.26 Å². The molecule has 0 aromatic heterocycles. The maximum Gasteiger partial charge on any atom is 0.103 e. The van der Waals surface area contributed by atoms with Crippen LogP contribution >= 0.6 is 0 Å². The van der Waals surface area contributed by atoms with E-state index in [2.05, 4.69) is 37.1 Å². The topological polar surface area (TPSA) is 48.3 Å². The predicted octanol–water partition coefficient (Wildman–Crippen LogP) is 2.55. The highest BCUT2D eigenvalue weighted by atomic mass is 16.5. The Kier molecular flexibility index (Phi) is 7.50. The van der Waals surface area contributed by atoms with Gasteiger partial charge in [0.1, 0.15) is 5.54 Å². The molecule has 0 aromatic carbocycles. The first-order valence-corrected chi connectivity index (χ1v) is 8.03. The van der Waals surface area contributed by atoms with Crippen molar-refractivity contribution in [3.05, 3.63) is 0 Å². The van der Waals surface area contributed by atoms with E-state index in [1.807, 2.05) is 6.92 Å². The quantitative estimate of drug-likeness (QED) is 0.695. The fourth-order valence-electron chi connectivity index (χ4n) is 2.87. The van der Waals surface area contributed by atoms with Gasteiger partial charge in [0, 0.05) is 13.1 Å². The molecule has 116 valence electrons. The molecule has 0 amide bonds. The van der Waals surface area contributed by atoms with Gasteiger partial charge < -0.3 is 4.74 Å². The molecule has 1 fully saturated rings. The summed E-state index contributed by atoms with van der Waals surface area (Å²) < 4.78 is 5.74. The van der Waals surface area contributed by atoms with Gasteiger partial charge in [0.25, 0.3) is 0 Å². The summed E-state index contributed by atoms with van der Waals surface area (Å²) in [7, 11) is 0. The zero-order valence-corrected chi connectivity index (χ0v) is 13.6. The van der Waals surface area contributed by atoms with Crippen molar-refractivity contribution in [2.45, 2.75) is 71.1 Å². The Morgan fingerprint density at radius 3 is 2.50 bits per heavy atom. The van der Waals surface area contributed by atoms with Gasteiger partial charge in [-0.3, -0.25) is 10.2 Å². The molecule has 0 saturated carbocycles. The second-order valence-electron chi connectivity index (χ2n) is 6.34. The number of nitriles is 1. The second-order valence-corrected chi connectivity index (χ2v) is 6.34. The van der Waals surface area contributed by atoms with E-state index in [9.17, 15) is 5.26 Å². The largest absolute Gasteiger partial charge is 0.373 e. The van der Waals surface area contributed by atoms with Crippen LogP contribution in [0.3, 0.4) is 0 Å². The Bertz CT molecular complexity index is 305. The van der Waals surface area contributed by atoms with Gasteiger partial charge in [-0.2, -0.15) is 5.26 Å². The lowest BCUT2D eigenvalue weighted by atomic mass is 9.96. The third kappa shape index (κ3) is 6.21. The van der Waals surface area contributed by atoms with Crippen LogP contribution in [0.2, 0.25) is 0 Å². The monoisotopic (exact) mass is 281 g/mol. The number of unbranched alkanes of at least 4 members (excludes halogenated alkanes) is 1. The second kappa shape index (κ2) is 8.61. The van der Waals surface area contributed by atoms with Crippen molar-refractivity contribution in [3.63, 3.8) is 0 Å². The lowest BCUT2D eigenvalue weighted by molar-refractivity contribution is -0.0682. The first-order valence-electron chi connectivity index (χ1n) is 8.03. The summed E-state index contributed by atoms with van der Waals surface area (Å²) in [5.41, 5.74) is -0.360. The van der Waals surface area contributed by atoms with E-state index in [4.69, 9.17) is 4.74 Å². The summed E-state index contributed by atoms with van der Waals surface area (Å²) in [4.78, 5) is 2.49. The van der Waals surface area contributed by atoms with Crippen LogP contribution in [0.1, 0.15) is 53.4 Å². The number of ether oxygens (including phenoxy) is 1. The van der Waals surface area contributed by atoms with Gasteiger partial charge in [-0.25, -0.2) is 0 Å². The van der Waals surface area contributed by atoms with Gasteiger partial charge in [-0.1, -0.05) is 6.92 Å². The smallest absolute Gasteiger partial charge is 0.103 e. The number of nitrogens with one attached hydrogen (secondary N) is 1. The number of nitrogens with zero attached hydrogens (tertiary/aromatic N) is 2. The first kappa shape index (κ1) is 17.4. The third-order valence-corrected chi connectivity index (χ3v) is 3.91. The van der Waals surface area contributed by atoms with Crippen LogP contribution in [0.15, 0.2) is 0 Å². The zero-order valence-electron chi connectivity index (χ0n) is 13.6. The number of rotatable bonds is 8. The molecule has 4 heteroatoms. The highest BCUT2D eigenvalue weighted by Gasteiger charge is 2.23. The Morgan fingerprint density at radius 1 is 1.30 bits per heavy atom. The lowest BCUT2D eigenvalue weighted by Gasteiger charge is -2.35. The highest BCUT2D eigenvalue weighted by Crippen LogP contribution is 2.15. The zero-order chi connectivity index (χ0) is 15.0. The van der Waals surface area contributed by atoms with Crippen LogP contribution in [0.25, 0.3) is 0 Å². The molecule has 0 aliphatic carbocycles. The van der Waals surface area contributed by atoms with Crippen molar-refractivity contribution >= 4 is 0 Å². The number of morpholine rings is 1. The van der Waals surface area contributed by atoms with E-state index < -0.39 is 0 Å². The number of hydrogen-bond acceptors (Lipinski definition) is 4. The van der Waals surface area contributed by atoms with Crippen LogP contribution in [-0.2, 0) is 4.74 Å². The Balaban J connectivity index is 2.22. The average molecular weight is 281 g/mol. The van der Waals surface area contributed by atoms with Crippen LogP contribution in [0.4, 0.5) is 0 Å². The minimum Gasteiger partial charge on any atom is -0.373 e. The van der Waals surface area contributed by atoms with E-state index >= 15 is 0 Å². The lowest BCUT2D eigenvalue weighted by Crippen LogP contribution is -2.45. The molecule has 20 heavy (non-hydrogen) atoms. The fraction of sp³-hybridized carbons (Fsp3) is 0.938. The van der Waals surface area contributed by atoms with Crippen molar-refractivity contribution < 1.29 is 4.74 Å².